The third-order valence-electron chi connectivity index (χ3n) is 1.82. The summed E-state index contributed by atoms with van der Waals surface area (Å²) in [7, 11) is 0. The van der Waals surface area contributed by atoms with Gasteiger partial charge in [-0.3, -0.25) is 4.79 Å². The zero-order valence-electron chi connectivity index (χ0n) is 6.50. The van der Waals surface area contributed by atoms with Crippen molar-refractivity contribution in [1.29, 1.82) is 0 Å². The van der Waals surface area contributed by atoms with Crippen LogP contribution < -0.4 is 0 Å². The molecule has 0 radical (unpaired) electrons. The minimum absolute atomic E-state index is 0.195. The third kappa shape index (κ3) is 1.38. The summed E-state index contributed by atoms with van der Waals surface area (Å²) in [5.41, 5.74) is 0. The molecule has 56 valence electrons. The van der Waals surface area contributed by atoms with Crippen LogP contribution in [0.15, 0.2) is 12.2 Å². The van der Waals surface area contributed by atoms with Gasteiger partial charge in [-0.05, 0) is 6.92 Å². The molecule has 1 rings (SSSR count). The second kappa shape index (κ2) is 2.86. The van der Waals surface area contributed by atoms with Crippen molar-refractivity contribution in [3.05, 3.63) is 12.2 Å². The molecule has 1 aliphatic heterocycles. The molecule has 1 aliphatic rings. The summed E-state index contributed by atoms with van der Waals surface area (Å²) in [4.78, 5) is 12.5. The van der Waals surface area contributed by atoms with Crippen LogP contribution in [-0.2, 0) is 4.79 Å². The van der Waals surface area contributed by atoms with E-state index in [-0.39, 0.29) is 5.91 Å². The van der Waals surface area contributed by atoms with Crippen molar-refractivity contribution in [2.75, 3.05) is 13.1 Å². The van der Waals surface area contributed by atoms with Crippen LogP contribution in [0.2, 0.25) is 0 Å². The second-order valence-corrected chi connectivity index (χ2v) is 2.71. The predicted molar refractivity (Wildman–Crippen MR) is 40.6 cm³/mol. The van der Waals surface area contributed by atoms with Gasteiger partial charge in [0.1, 0.15) is 0 Å². The van der Waals surface area contributed by atoms with Crippen LogP contribution in [0.5, 0.6) is 0 Å². The van der Waals surface area contributed by atoms with Crippen LogP contribution in [0.3, 0.4) is 0 Å². The lowest BCUT2D eigenvalue weighted by atomic mass is 10.00. The molecule has 0 aromatic rings. The van der Waals surface area contributed by atoms with Crippen molar-refractivity contribution in [3.63, 3.8) is 0 Å². The van der Waals surface area contributed by atoms with Gasteiger partial charge >= 0.3 is 0 Å². The lowest BCUT2D eigenvalue weighted by molar-refractivity contribution is -0.133. The molecule has 0 atom stereocenters. The number of likely N-dealkylation sites (tertiary alicyclic amines) is 1. The number of rotatable bonds is 1. The predicted octanol–water partition coefficient (Wildman–Crippen LogP) is 1.04. The molecule has 0 aromatic carbocycles. The van der Waals surface area contributed by atoms with E-state index < -0.39 is 0 Å². The molecule has 0 unspecified atom stereocenters. The highest BCUT2D eigenvalue weighted by molar-refractivity contribution is 5.74. The summed E-state index contributed by atoms with van der Waals surface area (Å²) < 4.78 is 0. The summed E-state index contributed by atoms with van der Waals surface area (Å²) >= 11 is 0. The molecule has 10 heavy (non-hydrogen) atoms. The first kappa shape index (κ1) is 7.32. The Labute approximate surface area is 61.5 Å². The van der Waals surface area contributed by atoms with E-state index in [2.05, 4.69) is 6.08 Å². The maximum absolute atomic E-state index is 10.7. The van der Waals surface area contributed by atoms with Crippen molar-refractivity contribution in [2.24, 2.45) is 5.92 Å². The Balaban J connectivity index is 2.24. The number of hydrogen-bond acceptors (Lipinski definition) is 1. The minimum atomic E-state index is 0.195. The zero-order valence-corrected chi connectivity index (χ0v) is 6.50. The molecule has 1 fully saturated rings. The van der Waals surface area contributed by atoms with Gasteiger partial charge < -0.3 is 4.90 Å². The van der Waals surface area contributed by atoms with E-state index in [0.29, 0.717) is 5.92 Å². The largest absolute Gasteiger partial charge is 0.342 e. The molecule has 1 heterocycles. The van der Waals surface area contributed by atoms with Gasteiger partial charge in [-0.25, -0.2) is 0 Å². The van der Waals surface area contributed by atoms with E-state index in [1.807, 2.05) is 17.9 Å². The maximum atomic E-state index is 10.7. The molecule has 0 spiro atoms. The van der Waals surface area contributed by atoms with E-state index in [1.165, 1.54) is 0 Å². The fraction of sp³-hybridized carbons (Fsp3) is 0.625. The normalized spacial score (nSPS) is 19.6. The first-order valence-electron chi connectivity index (χ1n) is 3.62. The number of carbonyl (C=O) groups is 1. The van der Waals surface area contributed by atoms with Gasteiger partial charge in [0.25, 0.3) is 0 Å². The molecule has 2 nitrogen and oxygen atoms in total. The lowest BCUT2D eigenvalue weighted by Gasteiger charge is -2.36. The van der Waals surface area contributed by atoms with E-state index in [0.717, 1.165) is 13.1 Å². The van der Waals surface area contributed by atoms with Gasteiger partial charge in [-0.1, -0.05) is 12.2 Å². The number of carbonyl (C=O) groups excluding carboxylic acids is 1. The van der Waals surface area contributed by atoms with Gasteiger partial charge in [0.2, 0.25) is 5.91 Å². The SMILES string of the molecule is C/C=C\C1CN(C(C)=O)C1. The summed E-state index contributed by atoms with van der Waals surface area (Å²) in [6.07, 6.45) is 4.20. The van der Waals surface area contributed by atoms with Gasteiger partial charge in [0, 0.05) is 25.9 Å². The van der Waals surface area contributed by atoms with Crippen LogP contribution in [0.25, 0.3) is 0 Å². The lowest BCUT2D eigenvalue weighted by Crippen LogP contribution is -2.48. The fourth-order valence-electron chi connectivity index (χ4n) is 1.16. The summed E-state index contributed by atoms with van der Waals surface area (Å²) in [5, 5.41) is 0. The summed E-state index contributed by atoms with van der Waals surface area (Å²) in [6.45, 7) is 5.46. The van der Waals surface area contributed by atoms with E-state index in [4.69, 9.17) is 0 Å². The highest BCUT2D eigenvalue weighted by Gasteiger charge is 2.25. The van der Waals surface area contributed by atoms with Crippen LogP contribution in [-0.4, -0.2) is 23.9 Å². The number of nitrogens with zero attached hydrogens (tertiary/aromatic N) is 1. The maximum Gasteiger partial charge on any atom is 0.219 e. The average Bonchev–Trinajstić information content (AvgIpc) is 1.76. The number of allylic oxidation sites excluding steroid dienone is 1. The standard InChI is InChI=1S/C8H13NO/c1-3-4-8-5-9(6-8)7(2)10/h3-4,8H,5-6H2,1-2H3/b4-3-. The molecule has 0 bridgehead atoms. The van der Waals surface area contributed by atoms with Crippen LogP contribution in [0.4, 0.5) is 0 Å². The van der Waals surface area contributed by atoms with Gasteiger partial charge in [0.05, 0.1) is 0 Å². The molecule has 0 aromatic heterocycles. The number of amides is 1. The highest BCUT2D eigenvalue weighted by Crippen LogP contribution is 2.15. The Morgan fingerprint density at radius 3 is 2.60 bits per heavy atom. The summed E-state index contributed by atoms with van der Waals surface area (Å²) in [5.74, 6) is 0.814. The Kier molecular flexibility index (Phi) is 2.10. The van der Waals surface area contributed by atoms with Crippen LogP contribution >= 0.6 is 0 Å². The van der Waals surface area contributed by atoms with Crippen molar-refractivity contribution in [1.82, 2.24) is 4.90 Å². The Bertz CT molecular complexity index is 157. The van der Waals surface area contributed by atoms with Crippen molar-refractivity contribution in [3.8, 4) is 0 Å². The smallest absolute Gasteiger partial charge is 0.219 e. The molecule has 1 saturated heterocycles. The Hall–Kier alpha value is -0.790. The van der Waals surface area contributed by atoms with E-state index >= 15 is 0 Å². The van der Waals surface area contributed by atoms with Crippen molar-refractivity contribution in [2.45, 2.75) is 13.8 Å². The molecular formula is C8H13NO. The molecule has 2 heteroatoms. The van der Waals surface area contributed by atoms with Crippen LogP contribution in [0, 0.1) is 5.92 Å². The minimum Gasteiger partial charge on any atom is -0.342 e. The van der Waals surface area contributed by atoms with Gasteiger partial charge in [-0.2, -0.15) is 0 Å². The quantitative estimate of drug-likeness (QED) is 0.497. The van der Waals surface area contributed by atoms with Gasteiger partial charge in [0.15, 0.2) is 0 Å². The molecule has 0 saturated carbocycles. The fourth-order valence-corrected chi connectivity index (χ4v) is 1.16. The number of hydrogen-bond donors (Lipinski definition) is 0. The monoisotopic (exact) mass is 139 g/mol. The average molecular weight is 139 g/mol. The van der Waals surface area contributed by atoms with Crippen molar-refractivity contribution < 1.29 is 4.79 Å². The molecular weight excluding hydrogens is 126 g/mol. The topological polar surface area (TPSA) is 20.3 Å². The third-order valence-corrected chi connectivity index (χ3v) is 1.82. The first-order chi connectivity index (χ1) is 4.74. The van der Waals surface area contributed by atoms with E-state index in [1.54, 1.807) is 6.92 Å². The van der Waals surface area contributed by atoms with Crippen molar-refractivity contribution >= 4 is 5.91 Å². The molecule has 1 amide bonds. The summed E-state index contributed by atoms with van der Waals surface area (Å²) in [6, 6.07) is 0. The Morgan fingerprint density at radius 2 is 2.20 bits per heavy atom. The zero-order chi connectivity index (χ0) is 7.56. The molecule has 0 N–H and O–H groups in total. The van der Waals surface area contributed by atoms with Gasteiger partial charge in [-0.15, -0.1) is 0 Å². The van der Waals surface area contributed by atoms with E-state index in [9.17, 15) is 4.79 Å². The second-order valence-electron chi connectivity index (χ2n) is 2.71. The molecule has 0 aliphatic carbocycles. The first-order valence-corrected chi connectivity index (χ1v) is 3.62. The Morgan fingerprint density at radius 1 is 1.60 bits per heavy atom. The van der Waals surface area contributed by atoms with Crippen LogP contribution in [0.1, 0.15) is 13.8 Å². The highest BCUT2D eigenvalue weighted by atomic mass is 16.2.